The van der Waals surface area contributed by atoms with Crippen molar-refractivity contribution in [2.45, 2.75) is 19.4 Å². The Hall–Kier alpha value is -2.70. The van der Waals surface area contributed by atoms with Gasteiger partial charge in [0.2, 0.25) is 5.91 Å². The number of benzene rings is 2. The van der Waals surface area contributed by atoms with E-state index in [1.165, 1.54) is 5.56 Å². The lowest BCUT2D eigenvalue weighted by Crippen LogP contribution is -2.37. The molecule has 3 aromatic rings. The van der Waals surface area contributed by atoms with Crippen molar-refractivity contribution < 1.29 is 9.90 Å². The third kappa shape index (κ3) is 4.58. The molecule has 0 spiro atoms. The van der Waals surface area contributed by atoms with E-state index >= 15 is 0 Å². The van der Waals surface area contributed by atoms with Crippen LogP contribution in [-0.4, -0.2) is 34.0 Å². The summed E-state index contributed by atoms with van der Waals surface area (Å²) in [6, 6.07) is 15.2. The average molecular weight is 394 g/mol. The van der Waals surface area contributed by atoms with Gasteiger partial charge >= 0.3 is 0 Å². The maximum atomic E-state index is 12.7. The molecule has 1 aliphatic rings. The summed E-state index contributed by atoms with van der Waals surface area (Å²) in [5.74, 6) is 0.427. The molecular formula is C22H23N3O2S. The number of aromatic nitrogens is 1. The van der Waals surface area contributed by atoms with Gasteiger partial charge in [0, 0.05) is 29.1 Å². The number of nitrogens with one attached hydrogen (secondary N) is 1. The van der Waals surface area contributed by atoms with Gasteiger partial charge in [0.15, 0.2) is 0 Å². The predicted octanol–water partition coefficient (Wildman–Crippen LogP) is 4.37. The molecule has 0 radical (unpaired) electrons. The number of rotatable bonds is 5. The van der Waals surface area contributed by atoms with Gasteiger partial charge in [-0.1, -0.05) is 24.3 Å². The Kier molecular flexibility index (Phi) is 5.69. The summed E-state index contributed by atoms with van der Waals surface area (Å²) in [6.07, 6.45) is 1.71. The van der Waals surface area contributed by atoms with E-state index in [2.05, 4.69) is 15.2 Å². The molecule has 2 N–H and O–H groups in total. The van der Waals surface area contributed by atoms with Gasteiger partial charge in [-0.2, -0.15) is 0 Å². The van der Waals surface area contributed by atoms with E-state index in [1.807, 2.05) is 47.3 Å². The summed E-state index contributed by atoms with van der Waals surface area (Å²) in [6.45, 7) is 2.65. The number of piperidine rings is 1. The van der Waals surface area contributed by atoms with Crippen LogP contribution in [0.15, 0.2) is 59.4 Å². The van der Waals surface area contributed by atoms with E-state index in [9.17, 15) is 9.90 Å². The second kappa shape index (κ2) is 8.54. The Bertz CT molecular complexity index is 917. The van der Waals surface area contributed by atoms with Crippen molar-refractivity contribution in [2.24, 2.45) is 5.92 Å². The molecule has 144 valence electrons. The van der Waals surface area contributed by atoms with Gasteiger partial charge in [0.05, 0.1) is 11.2 Å². The van der Waals surface area contributed by atoms with Gasteiger partial charge in [0.25, 0.3) is 0 Å². The number of hydrogen-bond acceptors (Lipinski definition) is 5. The molecule has 1 aromatic heterocycles. The number of nitrogens with zero attached hydrogens (tertiary/aromatic N) is 2. The quantitative estimate of drug-likeness (QED) is 0.676. The molecule has 1 amide bonds. The first kappa shape index (κ1) is 18.7. The van der Waals surface area contributed by atoms with E-state index in [-0.39, 0.29) is 17.6 Å². The Morgan fingerprint density at radius 2 is 1.96 bits per heavy atom. The Balaban J connectivity index is 1.31. The fourth-order valence-electron chi connectivity index (χ4n) is 3.57. The van der Waals surface area contributed by atoms with E-state index in [0.29, 0.717) is 0 Å². The molecule has 1 saturated heterocycles. The highest BCUT2D eigenvalue weighted by molar-refractivity contribution is 7.07. The van der Waals surface area contributed by atoms with Crippen molar-refractivity contribution in [1.82, 2.24) is 9.88 Å². The SMILES string of the molecule is O=C(Nc1cccc(-c2cscn2)c1)C1CCN(Cc2ccc(O)cc2)CC1. The molecule has 6 heteroatoms. The maximum absolute atomic E-state index is 12.7. The second-order valence-electron chi connectivity index (χ2n) is 7.16. The molecule has 5 nitrogen and oxygen atoms in total. The first-order valence-corrected chi connectivity index (χ1v) is 10.4. The molecule has 0 bridgehead atoms. The number of phenols is 1. The van der Waals surface area contributed by atoms with E-state index in [4.69, 9.17) is 0 Å². The van der Waals surface area contributed by atoms with Gasteiger partial charge in [-0.3, -0.25) is 9.69 Å². The average Bonchev–Trinajstić information content (AvgIpc) is 3.25. The van der Waals surface area contributed by atoms with Gasteiger partial charge in [0.1, 0.15) is 5.75 Å². The number of phenolic OH excluding ortho intramolecular Hbond substituents is 1. The summed E-state index contributed by atoms with van der Waals surface area (Å²) < 4.78 is 0. The molecule has 2 aromatic carbocycles. The number of thiazole rings is 1. The number of likely N-dealkylation sites (tertiary alicyclic amines) is 1. The lowest BCUT2D eigenvalue weighted by molar-refractivity contribution is -0.121. The highest BCUT2D eigenvalue weighted by Crippen LogP contribution is 2.25. The summed E-state index contributed by atoms with van der Waals surface area (Å²) in [5.41, 5.74) is 5.76. The standard InChI is InChI=1S/C22H23N3O2S/c26-20-6-4-16(5-7-20)13-25-10-8-17(9-11-25)22(27)24-19-3-1-2-18(12-19)21-14-28-15-23-21/h1-7,12,14-15,17,26H,8-11,13H2,(H,24,27). The molecule has 0 saturated carbocycles. The van der Waals surface area contributed by atoms with Crippen LogP contribution in [0.2, 0.25) is 0 Å². The molecule has 1 fully saturated rings. The molecule has 1 aliphatic heterocycles. The van der Waals surface area contributed by atoms with Crippen LogP contribution in [0.3, 0.4) is 0 Å². The van der Waals surface area contributed by atoms with Crippen molar-refractivity contribution in [3.8, 4) is 17.0 Å². The zero-order chi connectivity index (χ0) is 19.3. The minimum Gasteiger partial charge on any atom is -0.508 e. The molecule has 0 aliphatic carbocycles. The highest BCUT2D eigenvalue weighted by atomic mass is 32.1. The van der Waals surface area contributed by atoms with Crippen molar-refractivity contribution in [1.29, 1.82) is 0 Å². The largest absolute Gasteiger partial charge is 0.508 e. The number of aromatic hydroxyl groups is 1. The van der Waals surface area contributed by atoms with E-state index in [1.54, 1.807) is 23.5 Å². The summed E-state index contributed by atoms with van der Waals surface area (Å²) in [7, 11) is 0. The van der Waals surface area contributed by atoms with Crippen molar-refractivity contribution in [3.05, 3.63) is 65.0 Å². The molecule has 0 atom stereocenters. The smallest absolute Gasteiger partial charge is 0.227 e. The zero-order valence-electron chi connectivity index (χ0n) is 15.5. The monoisotopic (exact) mass is 393 g/mol. The topological polar surface area (TPSA) is 65.5 Å². The number of amides is 1. The number of carbonyl (C=O) groups is 1. The Morgan fingerprint density at radius 3 is 2.68 bits per heavy atom. The van der Waals surface area contributed by atoms with Crippen LogP contribution in [0.4, 0.5) is 5.69 Å². The third-order valence-electron chi connectivity index (χ3n) is 5.16. The van der Waals surface area contributed by atoms with Gasteiger partial charge in [-0.25, -0.2) is 4.98 Å². The minimum absolute atomic E-state index is 0.0407. The van der Waals surface area contributed by atoms with Crippen molar-refractivity contribution >= 4 is 22.9 Å². The fourth-order valence-corrected chi connectivity index (χ4v) is 4.13. The predicted molar refractivity (Wildman–Crippen MR) is 112 cm³/mol. The lowest BCUT2D eigenvalue weighted by Gasteiger charge is -2.31. The van der Waals surface area contributed by atoms with Crippen LogP contribution in [0.1, 0.15) is 18.4 Å². The fraction of sp³-hybridized carbons (Fsp3) is 0.273. The van der Waals surface area contributed by atoms with E-state index in [0.717, 1.165) is 49.4 Å². The van der Waals surface area contributed by atoms with Gasteiger partial charge in [-0.05, 0) is 55.8 Å². The second-order valence-corrected chi connectivity index (χ2v) is 7.88. The van der Waals surface area contributed by atoms with Gasteiger partial charge < -0.3 is 10.4 Å². The normalized spacial score (nSPS) is 15.4. The van der Waals surface area contributed by atoms with E-state index < -0.39 is 0 Å². The van der Waals surface area contributed by atoms with Crippen LogP contribution in [-0.2, 0) is 11.3 Å². The van der Waals surface area contributed by atoms with Crippen molar-refractivity contribution in [3.63, 3.8) is 0 Å². The minimum atomic E-state index is 0.0407. The Labute approximate surface area is 168 Å². The summed E-state index contributed by atoms with van der Waals surface area (Å²) in [4.78, 5) is 19.4. The zero-order valence-corrected chi connectivity index (χ0v) is 16.4. The summed E-state index contributed by atoms with van der Waals surface area (Å²) >= 11 is 1.56. The van der Waals surface area contributed by atoms with Crippen LogP contribution in [0, 0.1) is 5.92 Å². The lowest BCUT2D eigenvalue weighted by atomic mass is 9.95. The molecule has 2 heterocycles. The summed E-state index contributed by atoms with van der Waals surface area (Å²) in [5, 5.41) is 14.5. The van der Waals surface area contributed by atoms with Crippen LogP contribution < -0.4 is 5.32 Å². The molecule has 28 heavy (non-hydrogen) atoms. The molecule has 4 rings (SSSR count). The maximum Gasteiger partial charge on any atom is 0.227 e. The molecule has 0 unspecified atom stereocenters. The number of hydrogen-bond donors (Lipinski definition) is 2. The number of carbonyl (C=O) groups excluding carboxylic acids is 1. The van der Waals surface area contributed by atoms with Crippen LogP contribution in [0.5, 0.6) is 5.75 Å². The van der Waals surface area contributed by atoms with Crippen LogP contribution in [0.25, 0.3) is 11.3 Å². The number of anilines is 1. The first-order valence-electron chi connectivity index (χ1n) is 9.47. The van der Waals surface area contributed by atoms with Gasteiger partial charge in [-0.15, -0.1) is 11.3 Å². The first-order chi connectivity index (χ1) is 13.7. The molecular weight excluding hydrogens is 370 g/mol. The van der Waals surface area contributed by atoms with Crippen molar-refractivity contribution in [2.75, 3.05) is 18.4 Å². The Morgan fingerprint density at radius 1 is 1.18 bits per heavy atom. The highest BCUT2D eigenvalue weighted by Gasteiger charge is 2.25. The van der Waals surface area contributed by atoms with Crippen LogP contribution >= 0.6 is 11.3 Å². The third-order valence-corrected chi connectivity index (χ3v) is 5.75.